The first-order valence-corrected chi connectivity index (χ1v) is 5.43. The van der Waals surface area contributed by atoms with E-state index in [0.717, 1.165) is 12.0 Å². The Balaban J connectivity index is 2.34. The Labute approximate surface area is 97.3 Å². The number of anilines is 1. The maximum absolute atomic E-state index is 11.2. The van der Waals surface area contributed by atoms with Gasteiger partial charge in [0.1, 0.15) is 11.6 Å². The van der Waals surface area contributed by atoms with Crippen LogP contribution in [0.4, 0.5) is 5.69 Å². The number of benzene rings is 1. The summed E-state index contributed by atoms with van der Waals surface area (Å²) in [5.41, 5.74) is 1.62. The average molecular weight is 246 g/mol. The molecule has 1 aliphatic rings. The number of rotatable bonds is 2. The molecule has 1 N–H and O–H groups in total. The summed E-state index contributed by atoms with van der Waals surface area (Å²) in [5, 5.41) is 3.24. The van der Waals surface area contributed by atoms with E-state index >= 15 is 0 Å². The van der Waals surface area contributed by atoms with Crippen LogP contribution in [-0.4, -0.2) is 18.4 Å². The molecule has 0 unspecified atom stereocenters. The average Bonchev–Trinajstić information content (AvgIpc) is 2.65. The Morgan fingerprint density at radius 1 is 1.53 bits per heavy atom. The van der Waals surface area contributed by atoms with E-state index in [0.29, 0.717) is 23.1 Å². The SMILES string of the molecule is O=C(CCl)Nc1cc(Cl)cc2c1OCC2. The van der Waals surface area contributed by atoms with E-state index < -0.39 is 0 Å². The van der Waals surface area contributed by atoms with Gasteiger partial charge >= 0.3 is 0 Å². The molecule has 0 radical (unpaired) electrons. The van der Waals surface area contributed by atoms with E-state index in [1.807, 2.05) is 6.07 Å². The van der Waals surface area contributed by atoms with Crippen molar-refractivity contribution in [3.63, 3.8) is 0 Å². The van der Waals surface area contributed by atoms with Crippen LogP contribution in [0.5, 0.6) is 5.75 Å². The normalized spacial score (nSPS) is 13.2. The van der Waals surface area contributed by atoms with Crippen molar-refractivity contribution < 1.29 is 9.53 Å². The van der Waals surface area contributed by atoms with Crippen LogP contribution in [0.3, 0.4) is 0 Å². The Kier molecular flexibility index (Phi) is 3.03. The van der Waals surface area contributed by atoms with E-state index in [-0.39, 0.29) is 11.8 Å². The van der Waals surface area contributed by atoms with Gasteiger partial charge in [0, 0.05) is 17.0 Å². The van der Waals surface area contributed by atoms with Gasteiger partial charge in [0.15, 0.2) is 0 Å². The third kappa shape index (κ3) is 2.19. The molecule has 1 aromatic rings. The third-order valence-electron chi connectivity index (χ3n) is 2.14. The Bertz CT molecular complexity index is 407. The van der Waals surface area contributed by atoms with Crippen LogP contribution in [0, 0.1) is 0 Å². The minimum Gasteiger partial charge on any atom is -0.491 e. The van der Waals surface area contributed by atoms with Crippen LogP contribution in [-0.2, 0) is 11.2 Å². The molecule has 0 bridgehead atoms. The number of carbonyl (C=O) groups excluding carboxylic acids is 1. The lowest BCUT2D eigenvalue weighted by Gasteiger charge is -2.09. The summed E-state index contributed by atoms with van der Waals surface area (Å²) in [6.45, 7) is 0.624. The molecular formula is C10H9Cl2NO2. The first-order chi connectivity index (χ1) is 7.20. The van der Waals surface area contributed by atoms with E-state index in [4.69, 9.17) is 27.9 Å². The molecule has 0 saturated heterocycles. The monoisotopic (exact) mass is 245 g/mol. The van der Waals surface area contributed by atoms with Gasteiger partial charge in [0.2, 0.25) is 5.91 Å². The van der Waals surface area contributed by atoms with Gasteiger partial charge in [-0.25, -0.2) is 0 Å². The van der Waals surface area contributed by atoms with Crippen molar-refractivity contribution in [3.05, 3.63) is 22.7 Å². The van der Waals surface area contributed by atoms with E-state index in [1.54, 1.807) is 6.07 Å². The molecule has 1 amide bonds. The molecule has 15 heavy (non-hydrogen) atoms. The number of hydrogen-bond acceptors (Lipinski definition) is 2. The van der Waals surface area contributed by atoms with Crippen molar-refractivity contribution in [2.24, 2.45) is 0 Å². The van der Waals surface area contributed by atoms with Crippen LogP contribution in [0.25, 0.3) is 0 Å². The summed E-state index contributed by atoms with van der Waals surface area (Å²) < 4.78 is 5.41. The summed E-state index contributed by atoms with van der Waals surface area (Å²) in [5.74, 6) is 0.357. The van der Waals surface area contributed by atoms with Gasteiger partial charge in [-0.1, -0.05) is 11.6 Å². The third-order valence-corrected chi connectivity index (χ3v) is 2.60. The van der Waals surface area contributed by atoms with Crippen molar-refractivity contribution in [2.45, 2.75) is 6.42 Å². The summed E-state index contributed by atoms with van der Waals surface area (Å²) in [7, 11) is 0. The maximum Gasteiger partial charge on any atom is 0.239 e. The molecule has 0 aromatic heterocycles. The Morgan fingerprint density at radius 3 is 3.07 bits per heavy atom. The number of carbonyl (C=O) groups is 1. The quantitative estimate of drug-likeness (QED) is 0.814. The number of alkyl halides is 1. The zero-order valence-corrected chi connectivity index (χ0v) is 9.36. The lowest BCUT2D eigenvalue weighted by molar-refractivity contribution is -0.113. The smallest absolute Gasteiger partial charge is 0.239 e. The molecule has 80 valence electrons. The molecule has 1 aromatic carbocycles. The fourth-order valence-corrected chi connectivity index (χ4v) is 1.85. The number of ether oxygens (including phenoxy) is 1. The van der Waals surface area contributed by atoms with Crippen LogP contribution in [0.1, 0.15) is 5.56 Å². The van der Waals surface area contributed by atoms with Crippen molar-refractivity contribution in [1.82, 2.24) is 0 Å². The van der Waals surface area contributed by atoms with Crippen molar-refractivity contribution >= 4 is 34.8 Å². The fraction of sp³-hybridized carbons (Fsp3) is 0.300. The molecule has 0 aliphatic carbocycles. The van der Waals surface area contributed by atoms with Crippen LogP contribution in [0.2, 0.25) is 5.02 Å². The van der Waals surface area contributed by atoms with E-state index in [9.17, 15) is 4.79 Å². The van der Waals surface area contributed by atoms with Gasteiger partial charge in [0.05, 0.1) is 12.3 Å². The minimum absolute atomic E-state index is 0.0821. The molecule has 2 rings (SSSR count). The number of nitrogens with one attached hydrogen (secondary N) is 1. The summed E-state index contributed by atoms with van der Waals surface area (Å²) in [4.78, 5) is 11.2. The topological polar surface area (TPSA) is 38.3 Å². The summed E-state index contributed by atoms with van der Waals surface area (Å²) >= 11 is 11.3. The highest BCUT2D eigenvalue weighted by Gasteiger charge is 2.18. The minimum atomic E-state index is -0.267. The van der Waals surface area contributed by atoms with Crippen LogP contribution >= 0.6 is 23.2 Å². The van der Waals surface area contributed by atoms with Gasteiger partial charge < -0.3 is 10.1 Å². The van der Waals surface area contributed by atoms with Gasteiger partial charge in [-0.15, -0.1) is 11.6 Å². The summed E-state index contributed by atoms with van der Waals surface area (Å²) in [6.07, 6.45) is 0.819. The molecule has 1 aliphatic heterocycles. The van der Waals surface area contributed by atoms with E-state index in [1.165, 1.54) is 0 Å². The van der Waals surface area contributed by atoms with Crippen molar-refractivity contribution in [2.75, 3.05) is 17.8 Å². The van der Waals surface area contributed by atoms with Crippen molar-refractivity contribution in [3.8, 4) is 5.75 Å². The van der Waals surface area contributed by atoms with Gasteiger partial charge in [-0.2, -0.15) is 0 Å². The predicted molar refractivity (Wildman–Crippen MR) is 60.0 cm³/mol. The van der Waals surface area contributed by atoms with Gasteiger partial charge in [0.25, 0.3) is 0 Å². The highest BCUT2D eigenvalue weighted by molar-refractivity contribution is 6.31. The molecule has 0 saturated carbocycles. The summed E-state index contributed by atoms with van der Waals surface area (Å²) in [6, 6.07) is 3.51. The van der Waals surface area contributed by atoms with Gasteiger partial charge in [-0.3, -0.25) is 4.79 Å². The molecule has 5 heteroatoms. The zero-order valence-electron chi connectivity index (χ0n) is 7.85. The van der Waals surface area contributed by atoms with Gasteiger partial charge in [-0.05, 0) is 12.1 Å². The molecular weight excluding hydrogens is 237 g/mol. The second-order valence-corrected chi connectivity index (χ2v) is 3.93. The van der Waals surface area contributed by atoms with Crippen LogP contribution < -0.4 is 10.1 Å². The highest BCUT2D eigenvalue weighted by Crippen LogP contribution is 2.36. The number of fused-ring (bicyclic) bond motifs is 1. The number of halogens is 2. The molecule has 0 spiro atoms. The van der Waals surface area contributed by atoms with Crippen LogP contribution in [0.15, 0.2) is 12.1 Å². The zero-order chi connectivity index (χ0) is 10.8. The predicted octanol–water partition coefficient (Wildman–Crippen LogP) is 2.45. The molecule has 0 atom stereocenters. The lowest BCUT2D eigenvalue weighted by Crippen LogP contribution is -2.13. The Morgan fingerprint density at radius 2 is 2.33 bits per heavy atom. The lowest BCUT2D eigenvalue weighted by atomic mass is 10.1. The first-order valence-electron chi connectivity index (χ1n) is 4.51. The fourth-order valence-electron chi connectivity index (χ4n) is 1.55. The number of hydrogen-bond donors (Lipinski definition) is 1. The second kappa shape index (κ2) is 4.29. The maximum atomic E-state index is 11.2. The Hall–Kier alpha value is -0.930. The first kappa shape index (κ1) is 10.6. The number of amides is 1. The molecule has 3 nitrogen and oxygen atoms in total. The molecule has 1 heterocycles. The standard InChI is InChI=1S/C10H9Cl2NO2/c11-5-9(14)13-8-4-7(12)3-6-1-2-15-10(6)8/h3-4H,1-2,5H2,(H,13,14). The van der Waals surface area contributed by atoms with Crippen molar-refractivity contribution in [1.29, 1.82) is 0 Å². The largest absolute Gasteiger partial charge is 0.491 e. The highest BCUT2D eigenvalue weighted by atomic mass is 35.5. The molecule has 0 fully saturated rings. The van der Waals surface area contributed by atoms with E-state index in [2.05, 4.69) is 5.32 Å². The second-order valence-electron chi connectivity index (χ2n) is 3.22.